The third-order valence-electron chi connectivity index (χ3n) is 8.96. The van der Waals surface area contributed by atoms with Gasteiger partial charge in [-0.05, 0) is 54.8 Å². The molecule has 5 heteroatoms. The van der Waals surface area contributed by atoms with Crippen LogP contribution in [0.1, 0.15) is 19.4 Å². The third-order valence-corrected chi connectivity index (χ3v) is 10.2. The molecule has 4 nitrogen and oxygen atoms in total. The first kappa shape index (κ1) is 27.6. The number of ether oxygens (including phenoxy) is 1. The van der Waals surface area contributed by atoms with Crippen molar-refractivity contribution < 1.29 is 4.74 Å². The Morgan fingerprint density at radius 1 is 0.489 bits per heavy atom. The molecule has 47 heavy (non-hydrogen) atoms. The standard InChI is InChI=1S/C42H29N3OS/c1-42(2)35-19-11-9-17-30(35)31-22-21-28(25-36(31)46-42)29-23-33-32-18-10-12-20-37(32)47-38(33)34(24-29)41-44-39(26-13-5-3-6-14-26)43-40(45-41)27-15-7-4-8-16-27/h3-25H,1-2H3. The molecule has 0 aliphatic carbocycles. The molecular weight excluding hydrogens is 595 g/mol. The van der Waals surface area contributed by atoms with Crippen molar-refractivity contribution in [3.05, 3.63) is 145 Å². The van der Waals surface area contributed by atoms with Gasteiger partial charge in [-0.2, -0.15) is 0 Å². The number of benzene rings is 6. The van der Waals surface area contributed by atoms with E-state index in [4.69, 9.17) is 19.7 Å². The second-order valence-electron chi connectivity index (χ2n) is 12.4. The maximum absolute atomic E-state index is 6.66. The summed E-state index contributed by atoms with van der Waals surface area (Å²) in [5, 5.41) is 2.41. The summed E-state index contributed by atoms with van der Waals surface area (Å²) in [6.45, 7) is 4.27. The predicted molar refractivity (Wildman–Crippen MR) is 194 cm³/mol. The molecule has 2 aromatic heterocycles. The Balaban J connectivity index is 1.29. The van der Waals surface area contributed by atoms with Crippen LogP contribution in [0, 0.1) is 0 Å². The summed E-state index contributed by atoms with van der Waals surface area (Å²) in [6, 6.07) is 48.5. The van der Waals surface area contributed by atoms with E-state index >= 15 is 0 Å². The highest BCUT2D eigenvalue weighted by Gasteiger charge is 2.32. The second kappa shape index (κ2) is 10.7. The molecule has 8 aromatic rings. The van der Waals surface area contributed by atoms with Gasteiger partial charge >= 0.3 is 0 Å². The zero-order chi connectivity index (χ0) is 31.5. The van der Waals surface area contributed by atoms with Crippen molar-refractivity contribution in [1.29, 1.82) is 0 Å². The van der Waals surface area contributed by atoms with Crippen molar-refractivity contribution in [2.45, 2.75) is 19.4 Å². The lowest BCUT2D eigenvalue weighted by Crippen LogP contribution is -2.29. The zero-order valence-corrected chi connectivity index (χ0v) is 26.8. The molecular formula is C42H29N3OS. The molecule has 0 radical (unpaired) electrons. The zero-order valence-electron chi connectivity index (χ0n) is 25.9. The number of fused-ring (bicyclic) bond motifs is 6. The van der Waals surface area contributed by atoms with E-state index in [0.29, 0.717) is 17.5 Å². The molecule has 0 amide bonds. The van der Waals surface area contributed by atoms with Gasteiger partial charge in [-0.25, -0.2) is 15.0 Å². The van der Waals surface area contributed by atoms with Crippen LogP contribution in [0.3, 0.4) is 0 Å². The average Bonchev–Trinajstić information content (AvgIpc) is 3.50. The van der Waals surface area contributed by atoms with Crippen molar-refractivity contribution in [3.63, 3.8) is 0 Å². The molecule has 0 saturated heterocycles. The van der Waals surface area contributed by atoms with E-state index in [2.05, 4.69) is 92.7 Å². The van der Waals surface area contributed by atoms with E-state index < -0.39 is 5.60 Å². The Bertz CT molecular complexity index is 2410. The van der Waals surface area contributed by atoms with Crippen LogP contribution in [0.4, 0.5) is 0 Å². The van der Waals surface area contributed by atoms with E-state index in [1.54, 1.807) is 11.3 Å². The van der Waals surface area contributed by atoms with Gasteiger partial charge in [0.25, 0.3) is 0 Å². The maximum atomic E-state index is 6.66. The van der Waals surface area contributed by atoms with Gasteiger partial charge in [0.15, 0.2) is 17.5 Å². The van der Waals surface area contributed by atoms with Gasteiger partial charge in [0.1, 0.15) is 11.4 Å². The van der Waals surface area contributed by atoms with Crippen molar-refractivity contribution in [2.75, 3.05) is 0 Å². The summed E-state index contributed by atoms with van der Waals surface area (Å²) in [5.74, 6) is 2.84. The molecule has 0 saturated carbocycles. The van der Waals surface area contributed by atoms with Crippen molar-refractivity contribution in [2.24, 2.45) is 0 Å². The normalized spacial score (nSPS) is 13.2. The summed E-state index contributed by atoms with van der Waals surface area (Å²) in [5.41, 5.74) is 8.15. The largest absolute Gasteiger partial charge is 0.482 e. The van der Waals surface area contributed by atoms with E-state index in [1.165, 1.54) is 26.6 Å². The lowest BCUT2D eigenvalue weighted by molar-refractivity contribution is 0.106. The number of hydrogen-bond donors (Lipinski definition) is 0. The van der Waals surface area contributed by atoms with Gasteiger partial charge in [0, 0.05) is 48.0 Å². The fourth-order valence-electron chi connectivity index (χ4n) is 6.67. The van der Waals surface area contributed by atoms with Crippen molar-refractivity contribution in [1.82, 2.24) is 15.0 Å². The Morgan fingerprint density at radius 2 is 1.13 bits per heavy atom. The first-order chi connectivity index (χ1) is 23.0. The summed E-state index contributed by atoms with van der Waals surface area (Å²) < 4.78 is 9.05. The van der Waals surface area contributed by atoms with Crippen molar-refractivity contribution in [3.8, 4) is 62.2 Å². The number of hydrogen-bond acceptors (Lipinski definition) is 5. The van der Waals surface area contributed by atoms with Crippen LogP contribution in [-0.2, 0) is 5.60 Å². The summed E-state index contributed by atoms with van der Waals surface area (Å²) in [4.78, 5) is 15.2. The molecule has 1 aliphatic heterocycles. The van der Waals surface area contributed by atoms with Crippen LogP contribution in [-0.4, -0.2) is 15.0 Å². The second-order valence-corrected chi connectivity index (χ2v) is 13.5. The lowest BCUT2D eigenvalue weighted by Gasteiger charge is -2.35. The highest BCUT2D eigenvalue weighted by molar-refractivity contribution is 7.26. The monoisotopic (exact) mass is 623 g/mol. The van der Waals surface area contributed by atoms with Crippen LogP contribution >= 0.6 is 11.3 Å². The summed E-state index contributed by atoms with van der Waals surface area (Å²) >= 11 is 1.78. The number of rotatable bonds is 4. The molecule has 0 N–H and O–H groups in total. The Morgan fingerprint density at radius 3 is 1.87 bits per heavy atom. The quantitative estimate of drug-likeness (QED) is 0.196. The first-order valence-corrected chi connectivity index (χ1v) is 16.6. The van der Waals surface area contributed by atoms with E-state index in [-0.39, 0.29) is 0 Å². The lowest BCUT2D eigenvalue weighted by atomic mass is 9.85. The van der Waals surface area contributed by atoms with Gasteiger partial charge in [-0.1, -0.05) is 115 Å². The fraction of sp³-hybridized carbons (Fsp3) is 0.0714. The molecule has 0 spiro atoms. The molecule has 1 aliphatic rings. The molecule has 224 valence electrons. The van der Waals surface area contributed by atoms with E-state index in [1.807, 2.05) is 60.7 Å². The van der Waals surface area contributed by atoms with Gasteiger partial charge in [0.2, 0.25) is 0 Å². The Hall–Kier alpha value is -5.65. The third kappa shape index (κ3) is 4.70. The van der Waals surface area contributed by atoms with Crippen LogP contribution in [0.2, 0.25) is 0 Å². The SMILES string of the molecule is CC1(C)Oc2cc(-c3cc(-c4nc(-c5ccccc5)nc(-c5ccccc5)n4)c4sc5ccccc5c4c3)ccc2-c2ccccc21. The highest BCUT2D eigenvalue weighted by atomic mass is 32.1. The van der Waals surface area contributed by atoms with Crippen LogP contribution in [0.15, 0.2) is 140 Å². The highest BCUT2D eigenvalue weighted by Crippen LogP contribution is 2.48. The number of aromatic nitrogens is 3. The van der Waals surface area contributed by atoms with Gasteiger partial charge < -0.3 is 4.74 Å². The molecule has 0 fully saturated rings. The van der Waals surface area contributed by atoms with Crippen molar-refractivity contribution >= 4 is 31.5 Å². The molecule has 0 bridgehead atoms. The van der Waals surface area contributed by atoms with E-state index in [0.717, 1.165) is 43.8 Å². The molecule has 0 unspecified atom stereocenters. The Kier molecular flexibility index (Phi) is 6.30. The maximum Gasteiger partial charge on any atom is 0.165 e. The van der Waals surface area contributed by atoms with Crippen LogP contribution < -0.4 is 4.74 Å². The Labute approximate surface area is 277 Å². The fourth-order valence-corrected chi connectivity index (χ4v) is 7.86. The number of thiophene rings is 1. The molecule has 9 rings (SSSR count). The minimum absolute atomic E-state index is 0.437. The predicted octanol–water partition coefficient (Wildman–Crippen LogP) is 11.2. The molecule has 3 heterocycles. The summed E-state index contributed by atoms with van der Waals surface area (Å²) in [7, 11) is 0. The molecule has 6 aromatic carbocycles. The van der Waals surface area contributed by atoms with Gasteiger partial charge in [-0.15, -0.1) is 11.3 Å². The average molecular weight is 624 g/mol. The summed E-state index contributed by atoms with van der Waals surface area (Å²) in [6.07, 6.45) is 0. The van der Waals surface area contributed by atoms with Gasteiger partial charge in [0.05, 0.1) is 0 Å². The molecule has 0 atom stereocenters. The van der Waals surface area contributed by atoms with Crippen LogP contribution in [0.25, 0.3) is 76.6 Å². The minimum atomic E-state index is -0.437. The van der Waals surface area contributed by atoms with Crippen LogP contribution in [0.5, 0.6) is 5.75 Å². The minimum Gasteiger partial charge on any atom is -0.482 e. The van der Waals surface area contributed by atoms with E-state index in [9.17, 15) is 0 Å². The topological polar surface area (TPSA) is 47.9 Å². The first-order valence-electron chi connectivity index (χ1n) is 15.8. The smallest absolute Gasteiger partial charge is 0.165 e. The van der Waals surface area contributed by atoms with Gasteiger partial charge in [-0.3, -0.25) is 0 Å². The number of nitrogens with zero attached hydrogens (tertiary/aromatic N) is 3.